The number of likely N-dealkylation sites (tertiary alicyclic amines) is 1. The zero-order valence-electron chi connectivity index (χ0n) is 19.5. The normalized spacial score (nSPS) is 17.3. The van der Waals surface area contributed by atoms with E-state index in [-0.39, 0.29) is 18.5 Å². The number of aliphatic carboxylic acids is 1. The van der Waals surface area contributed by atoms with Gasteiger partial charge in [-0.1, -0.05) is 35.9 Å². The largest absolute Gasteiger partial charge is 0.478 e. The summed E-state index contributed by atoms with van der Waals surface area (Å²) in [5, 5.41) is 12.9. The number of nitrogens with two attached hydrogens (primary N) is 1. The molecule has 2 heterocycles. The number of rotatable bonds is 5. The number of nitrogens with zero attached hydrogens (tertiary/aromatic N) is 2. The number of urea groups is 1. The predicted molar refractivity (Wildman–Crippen MR) is 133 cm³/mol. The van der Waals surface area contributed by atoms with Crippen molar-refractivity contribution in [1.82, 2.24) is 9.80 Å². The van der Waals surface area contributed by atoms with Crippen molar-refractivity contribution in [3.8, 4) is 0 Å². The van der Waals surface area contributed by atoms with E-state index in [9.17, 15) is 19.5 Å². The second-order valence-electron chi connectivity index (χ2n) is 8.97. The summed E-state index contributed by atoms with van der Waals surface area (Å²) in [6.07, 6.45) is -0.123. The number of hydrogen-bond donors (Lipinski definition) is 3. The van der Waals surface area contributed by atoms with Gasteiger partial charge >= 0.3 is 18.1 Å². The summed E-state index contributed by atoms with van der Waals surface area (Å²) in [6, 6.07) is 10.9. The molecule has 2 aromatic carbocycles. The number of halogens is 1. The van der Waals surface area contributed by atoms with Crippen LogP contribution in [-0.2, 0) is 22.4 Å². The first-order chi connectivity index (χ1) is 16.7. The van der Waals surface area contributed by atoms with Gasteiger partial charge in [-0.25, -0.2) is 14.4 Å². The van der Waals surface area contributed by atoms with Gasteiger partial charge in [0, 0.05) is 37.8 Å². The second-order valence-corrected chi connectivity index (χ2v) is 9.38. The minimum atomic E-state index is -1.35. The number of hydrogen-bond acceptors (Lipinski definition) is 5. The smallest absolute Gasteiger partial charge is 0.410 e. The topological polar surface area (TPSA) is 125 Å². The van der Waals surface area contributed by atoms with Crippen LogP contribution in [0.4, 0.5) is 21.0 Å². The molecule has 3 amide bonds. The number of aryl methyl sites for hydroxylation is 1. The fraction of sp³-hybridized carbons (Fsp3) is 0.400. The molecule has 2 aliphatic heterocycles. The molecule has 0 bridgehead atoms. The highest BCUT2D eigenvalue weighted by atomic mass is 35.5. The first kappa shape index (κ1) is 24.7. The van der Waals surface area contributed by atoms with E-state index >= 15 is 0 Å². The van der Waals surface area contributed by atoms with E-state index in [4.69, 9.17) is 22.1 Å². The maximum absolute atomic E-state index is 12.8. The fourth-order valence-electron chi connectivity index (χ4n) is 4.63. The van der Waals surface area contributed by atoms with E-state index in [1.165, 1.54) is 4.90 Å². The molecule has 0 unspecified atom stereocenters. The number of carbonyl (C=O) groups is 3. The van der Waals surface area contributed by atoms with Crippen molar-refractivity contribution in [2.45, 2.75) is 44.8 Å². The van der Waals surface area contributed by atoms with E-state index in [0.717, 1.165) is 23.2 Å². The highest BCUT2D eigenvalue weighted by Crippen LogP contribution is 2.27. The Morgan fingerprint density at radius 3 is 2.63 bits per heavy atom. The Morgan fingerprint density at radius 2 is 1.94 bits per heavy atom. The van der Waals surface area contributed by atoms with Crippen LogP contribution in [0, 0.1) is 6.92 Å². The predicted octanol–water partition coefficient (Wildman–Crippen LogP) is 3.92. The Hall–Kier alpha value is -3.46. The first-order valence-electron chi connectivity index (χ1n) is 11.6. The molecule has 10 heteroatoms. The maximum atomic E-state index is 12.8. The number of amides is 3. The molecule has 0 spiro atoms. The van der Waals surface area contributed by atoms with Crippen LogP contribution in [0.25, 0.3) is 0 Å². The lowest BCUT2D eigenvalue weighted by atomic mass is 10.0. The number of carboxylic acids is 1. The Kier molecular flexibility index (Phi) is 7.35. The van der Waals surface area contributed by atoms with Gasteiger partial charge in [0.2, 0.25) is 6.10 Å². The van der Waals surface area contributed by atoms with Crippen LogP contribution >= 0.6 is 11.6 Å². The van der Waals surface area contributed by atoms with E-state index in [1.54, 1.807) is 19.1 Å². The van der Waals surface area contributed by atoms with Crippen LogP contribution in [0.5, 0.6) is 0 Å². The minimum absolute atomic E-state index is 0.0106. The number of fused-ring (bicyclic) bond motifs is 1. The number of piperidine rings is 1. The molecule has 0 aliphatic carbocycles. The highest BCUT2D eigenvalue weighted by Gasteiger charge is 2.33. The average molecular weight is 501 g/mol. The highest BCUT2D eigenvalue weighted by molar-refractivity contribution is 6.33. The molecule has 1 saturated heterocycles. The summed E-state index contributed by atoms with van der Waals surface area (Å²) in [7, 11) is 0. The molecule has 4 N–H and O–H groups in total. The van der Waals surface area contributed by atoms with Crippen molar-refractivity contribution in [2.75, 3.05) is 30.7 Å². The van der Waals surface area contributed by atoms with Gasteiger partial charge in [0.1, 0.15) is 0 Å². The number of benzene rings is 2. The van der Waals surface area contributed by atoms with E-state index in [0.29, 0.717) is 48.7 Å². The van der Waals surface area contributed by atoms with Crippen LogP contribution in [-0.4, -0.2) is 64.8 Å². The molecular formula is C25H29ClN4O5. The lowest BCUT2D eigenvalue weighted by molar-refractivity contribution is -0.147. The third kappa shape index (κ3) is 5.62. The van der Waals surface area contributed by atoms with Gasteiger partial charge in [0.25, 0.3) is 0 Å². The summed E-state index contributed by atoms with van der Waals surface area (Å²) in [4.78, 5) is 40.6. The van der Waals surface area contributed by atoms with Crippen molar-refractivity contribution in [3.63, 3.8) is 0 Å². The van der Waals surface area contributed by atoms with Gasteiger partial charge in [-0.2, -0.15) is 0 Å². The number of carbonyl (C=O) groups excluding carboxylic acids is 2. The molecular weight excluding hydrogens is 472 g/mol. The van der Waals surface area contributed by atoms with Crippen LogP contribution in [0.15, 0.2) is 36.4 Å². The number of carboxylic acid groups (broad SMARTS) is 1. The van der Waals surface area contributed by atoms with Crippen LogP contribution in [0.2, 0.25) is 5.02 Å². The number of nitrogen functional groups attached to an aromatic ring is 1. The zero-order chi connectivity index (χ0) is 25.1. The van der Waals surface area contributed by atoms with E-state index in [1.807, 2.05) is 29.2 Å². The summed E-state index contributed by atoms with van der Waals surface area (Å²) in [5.41, 5.74) is 9.57. The quantitative estimate of drug-likeness (QED) is 0.534. The SMILES string of the molecule is Cc1cc(C[C@@H](OC(=O)N2CCC(N3CCc4ccccc4NC3=O)CC2)C(=O)O)cc(Cl)c1N. The zero-order valence-corrected chi connectivity index (χ0v) is 20.3. The van der Waals surface area contributed by atoms with Gasteiger partial charge in [-0.3, -0.25) is 0 Å². The number of nitrogens with one attached hydrogen (secondary N) is 1. The summed E-state index contributed by atoms with van der Waals surface area (Å²) >= 11 is 6.11. The Labute approximate surface area is 208 Å². The second kappa shape index (κ2) is 10.4. The van der Waals surface area contributed by atoms with Crippen LogP contribution in [0.1, 0.15) is 29.5 Å². The monoisotopic (exact) mass is 500 g/mol. The number of anilines is 2. The fourth-order valence-corrected chi connectivity index (χ4v) is 4.92. The van der Waals surface area contributed by atoms with Crippen molar-refractivity contribution in [1.29, 1.82) is 0 Å². The molecule has 0 saturated carbocycles. The van der Waals surface area contributed by atoms with Crippen molar-refractivity contribution < 1.29 is 24.2 Å². The van der Waals surface area contributed by atoms with Gasteiger partial charge in [-0.15, -0.1) is 0 Å². The molecule has 186 valence electrons. The minimum Gasteiger partial charge on any atom is -0.478 e. The van der Waals surface area contributed by atoms with Gasteiger partial charge in [-0.05, 0) is 55.0 Å². The van der Waals surface area contributed by atoms with Crippen molar-refractivity contribution in [2.24, 2.45) is 0 Å². The first-order valence-corrected chi connectivity index (χ1v) is 12.0. The van der Waals surface area contributed by atoms with E-state index < -0.39 is 18.2 Å². The molecule has 1 fully saturated rings. The number of para-hydroxylation sites is 1. The summed E-state index contributed by atoms with van der Waals surface area (Å²) < 4.78 is 5.35. The lowest BCUT2D eigenvalue weighted by Crippen LogP contribution is -2.50. The molecule has 9 nitrogen and oxygen atoms in total. The van der Waals surface area contributed by atoms with E-state index in [2.05, 4.69) is 5.32 Å². The average Bonchev–Trinajstić information content (AvgIpc) is 3.00. The van der Waals surface area contributed by atoms with Crippen molar-refractivity contribution in [3.05, 3.63) is 58.1 Å². The molecule has 1 atom stereocenters. The molecule has 4 rings (SSSR count). The van der Waals surface area contributed by atoms with Crippen molar-refractivity contribution >= 4 is 41.1 Å². The molecule has 0 radical (unpaired) electrons. The maximum Gasteiger partial charge on any atom is 0.410 e. The Balaban J connectivity index is 1.33. The van der Waals surface area contributed by atoms with Crippen LogP contribution < -0.4 is 11.1 Å². The molecule has 2 aromatic rings. The number of ether oxygens (including phenoxy) is 1. The molecule has 2 aliphatic rings. The third-order valence-corrected chi connectivity index (χ3v) is 6.95. The lowest BCUT2D eigenvalue weighted by Gasteiger charge is -2.37. The molecule has 0 aromatic heterocycles. The Morgan fingerprint density at radius 1 is 1.23 bits per heavy atom. The van der Waals surface area contributed by atoms with Gasteiger partial charge < -0.3 is 30.7 Å². The van der Waals surface area contributed by atoms with Crippen LogP contribution in [0.3, 0.4) is 0 Å². The van der Waals surface area contributed by atoms with Gasteiger partial charge in [0.05, 0.1) is 10.7 Å². The summed E-state index contributed by atoms with van der Waals surface area (Å²) in [6.45, 7) is 3.13. The summed E-state index contributed by atoms with van der Waals surface area (Å²) in [5.74, 6) is -1.24. The molecule has 35 heavy (non-hydrogen) atoms. The standard InChI is InChI=1S/C25H29ClN4O5/c1-15-12-16(13-19(26)22(15)27)14-21(23(31)32)35-25(34)29-9-7-18(8-10-29)30-11-6-17-4-2-3-5-20(17)28-24(30)33/h2-5,12-13,18,21H,6-11,14,27H2,1H3,(H,28,33)(H,31,32)/t21-/m1/s1. The van der Waals surface area contributed by atoms with Gasteiger partial charge in [0.15, 0.2) is 0 Å². The Bertz CT molecular complexity index is 1110. The third-order valence-electron chi connectivity index (χ3n) is 6.64.